The Bertz CT molecular complexity index is 513. The predicted octanol–water partition coefficient (Wildman–Crippen LogP) is -0.698. The van der Waals surface area contributed by atoms with Crippen molar-refractivity contribution in [2.45, 2.75) is 58.3 Å². The van der Waals surface area contributed by atoms with Gasteiger partial charge in [-0.3, -0.25) is 14.4 Å². The molecule has 9 nitrogen and oxygen atoms in total. The summed E-state index contributed by atoms with van der Waals surface area (Å²) in [5.41, 5.74) is 5.44. The Morgan fingerprint density at radius 1 is 0.962 bits per heavy atom. The highest BCUT2D eigenvalue weighted by molar-refractivity contribution is 7.98. The minimum Gasteiger partial charge on any atom is -0.480 e. The summed E-state index contributed by atoms with van der Waals surface area (Å²) in [5.74, 6) is -2.43. The van der Waals surface area contributed by atoms with Gasteiger partial charge in [-0.2, -0.15) is 11.8 Å². The number of carboxylic acids is 1. The number of amides is 3. The summed E-state index contributed by atoms with van der Waals surface area (Å²) in [7, 11) is 0. The van der Waals surface area contributed by atoms with Gasteiger partial charge in [-0.25, -0.2) is 4.79 Å². The molecule has 0 rings (SSSR count). The van der Waals surface area contributed by atoms with Gasteiger partial charge in [-0.1, -0.05) is 13.8 Å². The minimum atomic E-state index is -1.13. The molecule has 0 aromatic rings. The van der Waals surface area contributed by atoms with Crippen molar-refractivity contribution in [2.24, 2.45) is 11.7 Å². The quantitative estimate of drug-likeness (QED) is 0.313. The van der Waals surface area contributed by atoms with Gasteiger partial charge in [0.25, 0.3) is 0 Å². The summed E-state index contributed by atoms with van der Waals surface area (Å²) in [5, 5.41) is 16.7. The summed E-state index contributed by atoms with van der Waals surface area (Å²) in [4.78, 5) is 47.5. The number of carbonyl (C=O) groups excluding carboxylic acids is 3. The van der Waals surface area contributed by atoms with Crippen LogP contribution >= 0.6 is 11.8 Å². The second-order valence-corrected chi connectivity index (χ2v) is 7.42. The van der Waals surface area contributed by atoms with Crippen molar-refractivity contribution < 1.29 is 24.3 Å². The molecule has 0 aliphatic rings. The molecular weight excluding hydrogens is 360 g/mol. The Balaban J connectivity index is 4.95. The van der Waals surface area contributed by atoms with Crippen LogP contribution in [0.4, 0.5) is 0 Å². The molecule has 0 aromatic carbocycles. The van der Waals surface area contributed by atoms with Gasteiger partial charge >= 0.3 is 5.97 Å². The molecule has 0 spiro atoms. The van der Waals surface area contributed by atoms with Crippen molar-refractivity contribution in [1.29, 1.82) is 0 Å². The first kappa shape index (κ1) is 24.2. The molecule has 0 aromatic heterocycles. The minimum absolute atomic E-state index is 0.273. The fourth-order valence-corrected chi connectivity index (χ4v) is 2.45. The van der Waals surface area contributed by atoms with E-state index in [0.717, 1.165) is 0 Å². The van der Waals surface area contributed by atoms with E-state index in [-0.39, 0.29) is 12.3 Å². The van der Waals surface area contributed by atoms with Crippen LogP contribution < -0.4 is 21.7 Å². The van der Waals surface area contributed by atoms with Gasteiger partial charge in [0.1, 0.15) is 18.1 Å². The van der Waals surface area contributed by atoms with Crippen molar-refractivity contribution >= 4 is 35.5 Å². The molecule has 10 heteroatoms. The fourth-order valence-electron chi connectivity index (χ4n) is 1.98. The smallest absolute Gasteiger partial charge is 0.326 e. The number of carbonyl (C=O) groups is 4. The first-order chi connectivity index (χ1) is 12.0. The molecule has 0 heterocycles. The molecule has 0 aliphatic heterocycles. The lowest BCUT2D eigenvalue weighted by atomic mass is 10.0. The number of nitrogens with two attached hydrogens (primary N) is 1. The predicted molar refractivity (Wildman–Crippen MR) is 101 cm³/mol. The standard InChI is InChI=1S/C16H30N4O5S/c1-8(2)12(15(23)19-11(16(24)25)6-7-26-5)20-14(22)10(4)18-13(21)9(3)17/h8-12H,6-7,17H2,1-5H3,(H,18,21)(H,19,23)(H,20,22)(H,24,25). The van der Waals surface area contributed by atoms with Crippen LogP contribution in [0.3, 0.4) is 0 Å². The third-order valence-electron chi connectivity index (χ3n) is 3.64. The van der Waals surface area contributed by atoms with Crippen LogP contribution in [0.2, 0.25) is 0 Å². The average molecular weight is 391 g/mol. The third kappa shape index (κ3) is 8.52. The highest BCUT2D eigenvalue weighted by Gasteiger charge is 2.30. The van der Waals surface area contributed by atoms with E-state index in [1.54, 1.807) is 13.8 Å². The van der Waals surface area contributed by atoms with Crippen molar-refractivity contribution in [3.63, 3.8) is 0 Å². The van der Waals surface area contributed by atoms with Gasteiger partial charge < -0.3 is 26.8 Å². The number of hydrogen-bond acceptors (Lipinski definition) is 6. The summed E-state index contributed by atoms with van der Waals surface area (Å²) < 4.78 is 0. The molecule has 0 radical (unpaired) electrons. The molecule has 150 valence electrons. The van der Waals surface area contributed by atoms with E-state index < -0.39 is 47.9 Å². The Morgan fingerprint density at radius 3 is 1.96 bits per heavy atom. The van der Waals surface area contributed by atoms with Gasteiger partial charge in [0, 0.05) is 0 Å². The van der Waals surface area contributed by atoms with Gasteiger partial charge in [-0.15, -0.1) is 0 Å². The number of thioether (sulfide) groups is 1. The molecule has 3 amide bonds. The second-order valence-electron chi connectivity index (χ2n) is 6.43. The molecule has 0 aliphatic carbocycles. The van der Waals surface area contributed by atoms with Crippen LogP contribution in [0.25, 0.3) is 0 Å². The second kappa shape index (κ2) is 11.7. The highest BCUT2D eigenvalue weighted by Crippen LogP contribution is 2.06. The maximum atomic E-state index is 12.4. The van der Waals surface area contributed by atoms with Crippen LogP contribution in [0.5, 0.6) is 0 Å². The van der Waals surface area contributed by atoms with Crippen molar-refractivity contribution in [3.05, 3.63) is 0 Å². The zero-order valence-corrected chi connectivity index (χ0v) is 16.7. The topological polar surface area (TPSA) is 151 Å². The molecule has 0 saturated heterocycles. The zero-order valence-electron chi connectivity index (χ0n) is 15.9. The van der Waals surface area contributed by atoms with E-state index in [1.807, 2.05) is 6.26 Å². The molecule has 4 unspecified atom stereocenters. The van der Waals surface area contributed by atoms with Gasteiger partial charge in [-0.05, 0) is 38.2 Å². The number of nitrogens with one attached hydrogen (secondary N) is 3. The Hall–Kier alpha value is -1.81. The van der Waals surface area contributed by atoms with E-state index in [2.05, 4.69) is 16.0 Å². The summed E-state index contributed by atoms with van der Waals surface area (Å²) >= 11 is 1.48. The van der Waals surface area contributed by atoms with Gasteiger partial charge in [0.15, 0.2) is 0 Å². The molecule has 6 N–H and O–H groups in total. The largest absolute Gasteiger partial charge is 0.480 e. The van der Waals surface area contributed by atoms with Crippen molar-refractivity contribution in [3.8, 4) is 0 Å². The fraction of sp³-hybridized carbons (Fsp3) is 0.750. The SMILES string of the molecule is CSCCC(NC(=O)C(NC(=O)C(C)NC(=O)C(C)N)C(C)C)C(=O)O. The number of hydrogen-bond donors (Lipinski definition) is 5. The molecule has 0 fully saturated rings. The van der Waals surface area contributed by atoms with Crippen LogP contribution in [0.15, 0.2) is 0 Å². The van der Waals surface area contributed by atoms with E-state index in [0.29, 0.717) is 5.75 Å². The van der Waals surface area contributed by atoms with E-state index in [4.69, 9.17) is 5.73 Å². The van der Waals surface area contributed by atoms with E-state index >= 15 is 0 Å². The third-order valence-corrected chi connectivity index (χ3v) is 4.28. The molecule has 0 saturated carbocycles. The Kier molecular flexibility index (Phi) is 10.9. The monoisotopic (exact) mass is 390 g/mol. The summed E-state index contributed by atoms with van der Waals surface area (Å²) in [6, 6.07) is -3.59. The Labute approximate surface area is 158 Å². The van der Waals surface area contributed by atoms with Crippen molar-refractivity contribution in [1.82, 2.24) is 16.0 Å². The van der Waals surface area contributed by atoms with E-state index in [1.165, 1.54) is 25.6 Å². The lowest BCUT2D eigenvalue weighted by Gasteiger charge is -2.25. The first-order valence-electron chi connectivity index (χ1n) is 8.39. The van der Waals surface area contributed by atoms with Gasteiger partial charge in [0.2, 0.25) is 17.7 Å². The normalized spacial score (nSPS) is 15.5. The maximum Gasteiger partial charge on any atom is 0.326 e. The van der Waals surface area contributed by atoms with Crippen LogP contribution in [-0.2, 0) is 19.2 Å². The number of aliphatic carboxylic acids is 1. The van der Waals surface area contributed by atoms with Crippen LogP contribution in [0, 0.1) is 5.92 Å². The molecule has 26 heavy (non-hydrogen) atoms. The summed E-state index contributed by atoms with van der Waals surface area (Å²) in [6.07, 6.45) is 2.12. The number of carboxylic acid groups (broad SMARTS) is 1. The highest BCUT2D eigenvalue weighted by atomic mass is 32.2. The van der Waals surface area contributed by atoms with Crippen LogP contribution in [0.1, 0.15) is 34.1 Å². The molecular formula is C16H30N4O5S. The van der Waals surface area contributed by atoms with Crippen molar-refractivity contribution in [2.75, 3.05) is 12.0 Å². The van der Waals surface area contributed by atoms with Gasteiger partial charge in [0.05, 0.1) is 6.04 Å². The number of rotatable bonds is 11. The zero-order chi connectivity index (χ0) is 20.4. The average Bonchev–Trinajstić information content (AvgIpc) is 2.54. The maximum absolute atomic E-state index is 12.4. The summed E-state index contributed by atoms with van der Waals surface area (Å²) in [6.45, 7) is 6.43. The van der Waals surface area contributed by atoms with E-state index in [9.17, 15) is 24.3 Å². The lowest BCUT2D eigenvalue weighted by Crippen LogP contribution is -2.57. The molecule has 4 atom stereocenters. The molecule has 0 bridgehead atoms. The van der Waals surface area contributed by atoms with Crippen LogP contribution in [-0.4, -0.2) is 65.0 Å². The first-order valence-corrected chi connectivity index (χ1v) is 9.79. The lowest BCUT2D eigenvalue weighted by molar-refractivity contribution is -0.142. The Morgan fingerprint density at radius 2 is 1.54 bits per heavy atom.